The first kappa shape index (κ1) is 19.7. The van der Waals surface area contributed by atoms with Crippen LogP contribution in [0.3, 0.4) is 0 Å². The van der Waals surface area contributed by atoms with Crippen molar-refractivity contribution in [3.63, 3.8) is 0 Å². The summed E-state index contributed by atoms with van der Waals surface area (Å²) < 4.78 is 15.3. The van der Waals surface area contributed by atoms with Crippen LogP contribution in [0, 0.1) is 5.92 Å². The van der Waals surface area contributed by atoms with Crippen LogP contribution in [0.1, 0.15) is 48.0 Å². The van der Waals surface area contributed by atoms with Gasteiger partial charge in [0.2, 0.25) is 0 Å². The molecule has 0 fully saturated rings. The van der Waals surface area contributed by atoms with Gasteiger partial charge in [-0.15, -0.1) is 0 Å². The standard InChI is InChI=1S/C15H29NO5/c1-7-20-13(17)10-19-9-12(8-11(2)3)16-14(18)21-15(4,5)6/h11-12H,7-10H2,1-6H3,(H,16,18). The number of rotatable bonds is 8. The predicted octanol–water partition coefficient (Wildman–Crippen LogP) is 2.51. The molecule has 0 rings (SSSR count). The van der Waals surface area contributed by atoms with Gasteiger partial charge in [-0.25, -0.2) is 9.59 Å². The number of ether oxygens (including phenoxy) is 3. The van der Waals surface area contributed by atoms with E-state index in [1.807, 2.05) is 0 Å². The van der Waals surface area contributed by atoms with E-state index >= 15 is 0 Å². The van der Waals surface area contributed by atoms with Crippen molar-refractivity contribution in [2.75, 3.05) is 19.8 Å². The molecule has 124 valence electrons. The second-order valence-electron chi connectivity index (χ2n) is 6.29. The predicted molar refractivity (Wildman–Crippen MR) is 80.1 cm³/mol. The van der Waals surface area contributed by atoms with E-state index in [4.69, 9.17) is 14.2 Å². The summed E-state index contributed by atoms with van der Waals surface area (Å²) in [6.45, 7) is 11.7. The summed E-state index contributed by atoms with van der Waals surface area (Å²) in [5.74, 6) is -0.0193. The maximum Gasteiger partial charge on any atom is 0.407 e. The molecule has 0 radical (unpaired) electrons. The molecule has 0 aromatic carbocycles. The molecule has 0 saturated carbocycles. The number of alkyl carbamates (subject to hydrolysis) is 1. The summed E-state index contributed by atoms with van der Waals surface area (Å²) in [6.07, 6.45) is 0.259. The third-order valence-corrected chi connectivity index (χ3v) is 2.32. The largest absolute Gasteiger partial charge is 0.464 e. The minimum atomic E-state index is -0.543. The van der Waals surface area contributed by atoms with Crippen molar-refractivity contribution < 1.29 is 23.8 Å². The minimum absolute atomic E-state index is 0.113. The Kier molecular flexibility index (Phi) is 9.01. The van der Waals surface area contributed by atoms with Crippen molar-refractivity contribution in [2.24, 2.45) is 5.92 Å². The molecular formula is C15H29NO5. The summed E-state index contributed by atoms with van der Waals surface area (Å²) in [5.41, 5.74) is -0.543. The highest BCUT2D eigenvalue weighted by Crippen LogP contribution is 2.09. The van der Waals surface area contributed by atoms with Gasteiger partial charge in [-0.3, -0.25) is 0 Å². The van der Waals surface area contributed by atoms with E-state index in [9.17, 15) is 9.59 Å². The van der Waals surface area contributed by atoms with Crippen molar-refractivity contribution in [3.8, 4) is 0 Å². The summed E-state index contributed by atoms with van der Waals surface area (Å²) in [5, 5.41) is 2.77. The molecule has 21 heavy (non-hydrogen) atoms. The first-order valence-electron chi connectivity index (χ1n) is 7.37. The van der Waals surface area contributed by atoms with E-state index in [1.54, 1.807) is 27.7 Å². The van der Waals surface area contributed by atoms with Gasteiger partial charge in [0.25, 0.3) is 0 Å². The molecule has 0 spiro atoms. The summed E-state index contributed by atoms with van der Waals surface area (Å²) >= 11 is 0. The summed E-state index contributed by atoms with van der Waals surface area (Å²) in [7, 11) is 0. The Hall–Kier alpha value is -1.30. The molecule has 0 aromatic rings. The van der Waals surface area contributed by atoms with Crippen LogP contribution in [0.4, 0.5) is 4.79 Å². The monoisotopic (exact) mass is 303 g/mol. The number of esters is 1. The van der Waals surface area contributed by atoms with Crippen molar-refractivity contribution in [2.45, 2.75) is 59.6 Å². The highest BCUT2D eigenvalue weighted by molar-refractivity contribution is 5.70. The van der Waals surface area contributed by atoms with Crippen molar-refractivity contribution >= 4 is 12.1 Å². The van der Waals surface area contributed by atoms with Crippen LogP contribution in [-0.2, 0) is 19.0 Å². The third kappa shape index (κ3) is 12.2. The first-order valence-corrected chi connectivity index (χ1v) is 7.37. The molecule has 6 heteroatoms. The molecule has 0 aliphatic carbocycles. The molecule has 0 aliphatic rings. The zero-order chi connectivity index (χ0) is 16.5. The number of carbonyl (C=O) groups is 2. The number of hydrogen-bond acceptors (Lipinski definition) is 5. The maximum atomic E-state index is 11.8. The van der Waals surface area contributed by atoms with Crippen LogP contribution in [-0.4, -0.2) is 43.5 Å². The van der Waals surface area contributed by atoms with E-state index in [-0.39, 0.29) is 19.3 Å². The maximum absolute atomic E-state index is 11.8. The lowest BCUT2D eigenvalue weighted by molar-refractivity contribution is -0.148. The molecule has 0 aliphatic heterocycles. The second-order valence-corrected chi connectivity index (χ2v) is 6.29. The molecule has 6 nitrogen and oxygen atoms in total. The Labute approximate surface area is 127 Å². The average molecular weight is 303 g/mol. The highest BCUT2D eigenvalue weighted by atomic mass is 16.6. The normalized spacial score (nSPS) is 12.9. The van der Waals surface area contributed by atoms with Gasteiger partial charge in [-0.1, -0.05) is 13.8 Å². The first-order chi connectivity index (χ1) is 9.64. The van der Waals surface area contributed by atoms with Gasteiger partial charge in [0.15, 0.2) is 0 Å². The van der Waals surface area contributed by atoms with E-state index in [2.05, 4.69) is 19.2 Å². The van der Waals surface area contributed by atoms with E-state index in [0.717, 1.165) is 6.42 Å². The molecule has 0 aromatic heterocycles. The zero-order valence-corrected chi connectivity index (χ0v) is 14.0. The molecular weight excluding hydrogens is 274 g/mol. The van der Waals surface area contributed by atoms with Crippen LogP contribution < -0.4 is 5.32 Å². The fourth-order valence-corrected chi connectivity index (χ4v) is 1.70. The SMILES string of the molecule is CCOC(=O)COCC(CC(C)C)NC(=O)OC(C)(C)C. The zero-order valence-electron chi connectivity index (χ0n) is 14.0. The molecule has 0 heterocycles. The Balaban J connectivity index is 4.26. The Bertz CT molecular complexity index is 323. The molecule has 1 amide bonds. The lowest BCUT2D eigenvalue weighted by Crippen LogP contribution is -2.42. The van der Waals surface area contributed by atoms with Crippen LogP contribution in [0.15, 0.2) is 0 Å². The quantitative estimate of drug-likeness (QED) is 0.697. The van der Waals surface area contributed by atoms with Crippen molar-refractivity contribution in [3.05, 3.63) is 0 Å². The fraction of sp³-hybridized carbons (Fsp3) is 0.867. The molecule has 0 saturated heterocycles. The van der Waals surface area contributed by atoms with E-state index < -0.39 is 17.7 Å². The molecule has 1 N–H and O–H groups in total. The smallest absolute Gasteiger partial charge is 0.407 e. The average Bonchev–Trinajstić information content (AvgIpc) is 2.25. The van der Waals surface area contributed by atoms with Gasteiger partial charge in [-0.2, -0.15) is 0 Å². The summed E-state index contributed by atoms with van der Waals surface area (Å²) in [4.78, 5) is 23.0. The number of hydrogen-bond donors (Lipinski definition) is 1. The lowest BCUT2D eigenvalue weighted by Gasteiger charge is -2.24. The third-order valence-electron chi connectivity index (χ3n) is 2.32. The summed E-state index contributed by atoms with van der Waals surface area (Å²) in [6, 6.07) is -0.200. The van der Waals surface area contributed by atoms with Gasteiger partial charge >= 0.3 is 12.1 Å². The fourth-order valence-electron chi connectivity index (χ4n) is 1.70. The Morgan fingerprint density at radius 2 is 1.81 bits per heavy atom. The van der Waals surface area contributed by atoms with Crippen LogP contribution in [0.5, 0.6) is 0 Å². The van der Waals surface area contributed by atoms with E-state index in [1.165, 1.54) is 0 Å². The van der Waals surface area contributed by atoms with Gasteiger partial charge in [0, 0.05) is 0 Å². The second kappa shape index (κ2) is 9.60. The minimum Gasteiger partial charge on any atom is -0.464 e. The topological polar surface area (TPSA) is 73.9 Å². The van der Waals surface area contributed by atoms with Crippen molar-refractivity contribution in [1.29, 1.82) is 0 Å². The van der Waals surface area contributed by atoms with Crippen molar-refractivity contribution in [1.82, 2.24) is 5.32 Å². The molecule has 1 atom stereocenters. The highest BCUT2D eigenvalue weighted by Gasteiger charge is 2.20. The molecule has 1 unspecified atom stereocenters. The van der Waals surface area contributed by atoms with E-state index in [0.29, 0.717) is 12.5 Å². The van der Waals surface area contributed by atoms with Gasteiger partial charge in [0.1, 0.15) is 12.2 Å². The van der Waals surface area contributed by atoms with Crippen LogP contribution >= 0.6 is 0 Å². The van der Waals surface area contributed by atoms with Gasteiger partial charge in [0.05, 0.1) is 19.3 Å². The number of nitrogens with one attached hydrogen (secondary N) is 1. The lowest BCUT2D eigenvalue weighted by atomic mass is 10.0. The Morgan fingerprint density at radius 1 is 1.19 bits per heavy atom. The van der Waals surface area contributed by atoms with Gasteiger partial charge < -0.3 is 19.5 Å². The van der Waals surface area contributed by atoms with Crippen LogP contribution in [0.2, 0.25) is 0 Å². The Morgan fingerprint density at radius 3 is 2.29 bits per heavy atom. The number of amides is 1. The number of carbonyl (C=O) groups excluding carboxylic acids is 2. The van der Waals surface area contributed by atoms with Crippen LogP contribution in [0.25, 0.3) is 0 Å². The molecule has 0 bridgehead atoms. The van der Waals surface area contributed by atoms with Gasteiger partial charge in [-0.05, 0) is 40.0 Å².